The molecule has 1 aliphatic heterocycles. The van der Waals surface area contributed by atoms with Crippen LogP contribution in [0.4, 0.5) is 5.69 Å². The van der Waals surface area contributed by atoms with E-state index in [2.05, 4.69) is 10.2 Å². The van der Waals surface area contributed by atoms with Crippen LogP contribution < -0.4 is 10.1 Å². The van der Waals surface area contributed by atoms with Crippen LogP contribution in [0.15, 0.2) is 12.1 Å². The number of benzene rings is 1. The second kappa shape index (κ2) is 7.53. The quantitative estimate of drug-likeness (QED) is 0.454. The van der Waals surface area contributed by atoms with Crippen molar-refractivity contribution >= 4 is 28.3 Å². The van der Waals surface area contributed by atoms with Gasteiger partial charge in [-0.05, 0) is 28.7 Å². The fourth-order valence-corrected chi connectivity index (χ4v) is 2.90. The van der Waals surface area contributed by atoms with Gasteiger partial charge in [-0.25, -0.2) is 0 Å². The van der Waals surface area contributed by atoms with Gasteiger partial charge in [0, 0.05) is 38.8 Å². The van der Waals surface area contributed by atoms with E-state index < -0.39 is 4.92 Å². The normalized spacial score (nSPS) is 15.4. The first-order chi connectivity index (χ1) is 10.1. The molecule has 8 heteroatoms. The first-order valence-electron chi connectivity index (χ1n) is 6.55. The molecule has 1 fully saturated rings. The van der Waals surface area contributed by atoms with E-state index in [0.29, 0.717) is 10.2 Å². The van der Waals surface area contributed by atoms with E-state index in [1.54, 1.807) is 6.07 Å². The molecule has 0 aliphatic carbocycles. The Bertz CT molecular complexity index is 567. The molecule has 0 amide bonds. The Kier molecular flexibility index (Phi) is 5.72. The van der Waals surface area contributed by atoms with Crippen LogP contribution in [0.2, 0.25) is 0 Å². The van der Waals surface area contributed by atoms with E-state index in [0.717, 1.165) is 32.7 Å². The lowest BCUT2D eigenvalue weighted by molar-refractivity contribution is -0.386. The maximum Gasteiger partial charge on any atom is 0.313 e. The molecule has 1 aliphatic rings. The van der Waals surface area contributed by atoms with Gasteiger partial charge in [-0.1, -0.05) is 0 Å². The Balaban J connectivity index is 2.04. The molecule has 0 bridgehead atoms. The number of nitrogens with one attached hydrogen (secondary N) is 1. The molecule has 21 heavy (non-hydrogen) atoms. The highest BCUT2D eigenvalue weighted by Gasteiger charge is 2.20. The van der Waals surface area contributed by atoms with Crippen molar-refractivity contribution in [2.24, 2.45) is 0 Å². The Morgan fingerprint density at radius 3 is 2.81 bits per heavy atom. The van der Waals surface area contributed by atoms with Crippen LogP contribution in [-0.4, -0.2) is 49.2 Å². The molecule has 0 spiro atoms. The first-order valence-corrected chi connectivity index (χ1v) is 7.63. The maximum atomic E-state index is 11.1. The summed E-state index contributed by atoms with van der Waals surface area (Å²) in [6.45, 7) is 4.94. The molecule has 0 radical (unpaired) electrons. The van der Waals surface area contributed by atoms with E-state index in [-0.39, 0.29) is 17.0 Å². The van der Waals surface area contributed by atoms with Gasteiger partial charge in [-0.2, -0.15) is 5.26 Å². The van der Waals surface area contributed by atoms with Crippen LogP contribution in [0.3, 0.4) is 0 Å². The van der Waals surface area contributed by atoms with Gasteiger partial charge in [0.2, 0.25) is 5.75 Å². The molecule has 0 unspecified atom stereocenters. The van der Waals surface area contributed by atoms with Crippen molar-refractivity contribution in [3.05, 3.63) is 31.4 Å². The molecule has 1 N–H and O–H groups in total. The highest BCUT2D eigenvalue weighted by atomic mass is 127. The Morgan fingerprint density at radius 1 is 1.48 bits per heavy atom. The van der Waals surface area contributed by atoms with Crippen LogP contribution in [0, 0.1) is 25.0 Å². The van der Waals surface area contributed by atoms with Gasteiger partial charge in [0.05, 0.1) is 20.1 Å². The third-order valence-electron chi connectivity index (χ3n) is 3.21. The predicted octanol–water partition coefficient (Wildman–Crippen LogP) is 1.36. The van der Waals surface area contributed by atoms with Crippen molar-refractivity contribution in [3.63, 3.8) is 0 Å². The molecule has 0 atom stereocenters. The zero-order valence-electron chi connectivity index (χ0n) is 11.3. The van der Waals surface area contributed by atoms with Crippen LogP contribution in [0.1, 0.15) is 5.56 Å². The second-order valence-corrected chi connectivity index (χ2v) is 5.78. The predicted molar refractivity (Wildman–Crippen MR) is 85.3 cm³/mol. The Hall–Kier alpha value is -1.44. The van der Waals surface area contributed by atoms with E-state index in [9.17, 15) is 10.1 Å². The molecule has 0 saturated carbocycles. The zero-order valence-corrected chi connectivity index (χ0v) is 13.5. The molecular formula is C13H15IN4O3. The summed E-state index contributed by atoms with van der Waals surface area (Å²) in [7, 11) is 0. The Morgan fingerprint density at radius 2 is 2.19 bits per heavy atom. The van der Waals surface area contributed by atoms with Crippen molar-refractivity contribution in [2.75, 3.05) is 39.3 Å². The minimum absolute atomic E-state index is 0.154. The minimum atomic E-state index is -0.511. The number of hydrogen-bond acceptors (Lipinski definition) is 6. The zero-order chi connectivity index (χ0) is 15.2. The standard InChI is InChI=1S/C13H15IN4O3/c14-11-7-10(9-15)8-12(18(19)20)13(11)21-6-5-17-3-1-16-2-4-17/h7-8,16H,1-6H2. The summed E-state index contributed by atoms with van der Waals surface area (Å²) in [6, 6.07) is 4.76. The number of nitro groups is 1. The van der Waals surface area contributed by atoms with Gasteiger partial charge in [-0.3, -0.25) is 15.0 Å². The lowest BCUT2D eigenvalue weighted by atomic mass is 10.2. The van der Waals surface area contributed by atoms with E-state index >= 15 is 0 Å². The average Bonchev–Trinajstić information content (AvgIpc) is 2.49. The van der Waals surface area contributed by atoms with Gasteiger partial charge in [0.25, 0.3) is 0 Å². The van der Waals surface area contributed by atoms with Gasteiger partial charge in [0.15, 0.2) is 0 Å². The van der Waals surface area contributed by atoms with Crippen molar-refractivity contribution in [1.29, 1.82) is 5.26 Å². The first kappa shape index (κ1) is 15.9. The molecule has 112 valence electrons. The molecular weight excluding hydrogens is 387 g/mol. The molecule has 1 aromatic rings. The van der Waals surface area contributed by atoms with Crippen LogP contribution in [0.5, 0.6) is 5.75 Å². The summed E-state index contributed by atoms with van der Waals surface area (Å²) >= 11 is 1.96. The summed E-state index contributed by atoms with van der Waals surface area (Å²) in [4.78, 5) is 12.8. The monoisotopic (exact) mass is 402 g/mol. The number of rotatable bonds is 5. The highest BCUT2D eigenvalue weighted by molar-refractivity contribution is 14.1. The molecule has 1 aromatic carbocycles. The summed E-state index contributed by atoms with van der Waals surface area (Å²) in [5.74, 6) is 0.245. The molecule has 1 saturated heterocycles. The fraction of sp³-hybridized carbons (Fsp3) is 0.462. The van der Waals surface area contributed by atoms with Crippen LogP contribution in [-0.2, 0) is 0 Å². The molecule has 2 rings (SSSR count). The number of halogens is 1. The van der Waals surface area contributed by atoms with Crippen LogP contribution >= 0.6 is 22.6 Å². The number of nitrogens with zero attached hydrogens (tertiary/aromatic N) is 3. The average molecular weight is 402 g/mol. The summed E-state index contributed by atoms with van der Waals surface area (Å²) < 4.78 is 6.19. The SMILES string of the molecule is N#Cc1cc(I)c(OCCN2CCNCC2)c([N+](=O)[O-])c1. The number of piperazine rings is 1. The summed E-state index contributed by atoms with van der Waals surface area (Å²) in [6.07, 6.45) is 0. The Labute approximate surface area is 136 Å². The smallest absolute Gasteiger partial charge is 0.313 e. The number of ether oxygens (including phenoxy) is 1. The van der Waals surface area contributed by atoms with Crippen LogP contribution in [0.25, 0.3) is 0 Å². The molecule has 0 aromatic heterocycles. The lowest BCUT2D eigenvalue weighted by Crippen LogP contribution is -2.44. The van der Waals surface area contributed by atoms with Gasteiger partial charge in [-0.15, -0.1) is 0 Å². The number of hydrogen-bond donors (Lipinski definition) is 1. The lowest BCUT2D eigenvalue weighted by Gasteiger charge is -2.26. The third kappa shape index (κ3) is 4.26. The molecule has 1 heterocycles. The van der Waals surface area contributed by atoms with Gasteiger partial charge in [0.1, 0.15) is 6.61 Å². The second-order valence-electron chi connectivity index (χ2n) is 4.62. The largest absolute Gasteiger partial charge is 0.485 e. The highest BCUT2D eigenvalue weighted by Crippen LogP contribution is 2.33. The maximum absolute atomic E-state index is 11.1. The topological polar surface area (TPSA) is 91.4 Å². The number of nitro benzene ring substituents is 1. The number of nitriles is 1. The van der Waals surface area contributed by atoms with E-state index in [1.165, 1.54) is 6.07 Å². The van der Waals surface area contributed by atoms with E-state index in [1.807, 2.05) is 28.7 Å². The summed E-state index contributed by atoms with van der Waals surface area (Å²) in [5.41, 5.74) is 0.110. The van der Waals surface area contributed by atoms with Gasteiger partial charge < -0.3 is 10.1 Å². The van der Waals surface area contributed by atoms with E-state index in [4.69, 9.17) is 10.00 Å². The van der Waals surface area contributed by atoms with Crippen molar-refractivity contribution in [2.45, 2.75) is 0 Å². The third-order valence-corrected chi connectivity index (χ3v) is 4.01. The fourth-order valence-electron chi connectivity index (χ4n) is 2.13. The van der Waals surface area contributed by atoms with Crippen molar-refractivity contribution in [1.82, 2.24) is 10.2 Å². The minimum Gasteiger partial charge on any atom is -0.485 e. The van der Waals surface area contributed by atoms with Crippen molar-refractivity contribution < 1.29 is 9.66 Å². The summed E-state index contributed by atoms with van der Waals surface area (Å²) in [5, 5.41) is 23.2. The molecule has 7 nitrogen and oxygen atoms in total. The van der Waals surface area contributed by atoms with Gasteiger partial charge >= 0.3 is 5.69 Å². The van der Waals surface area contributed by atoms with Crippen molar-refractivity contribution in [3.8, 4) is 11.8 Å².